The van der Waals surface area contributed by atoms with Crippen molar-refractivity contribution >= 4 is 33.1 Å². The Morgan fingerprint density at radius 2 is 1.55 bits per heavy atom. The van der Waals surface area contributed by atoms with E-state index in [2.05, 4.69) is 32.1 Å². The molecule has 1 aliphatic rings. The first-order valence-electron chi connectivity index (χ1n) is 10.9. The first-order valence-corrected chi connectivity index (χ1v) is 12.4. The number of benzene rings is 2. The summed E-state index contributed by atoms with van der Waals surface area (Å²) in [6.45, 7) is 5.67. The Labute approximate surface area is 194 Å². The molecule has 0 atom stereocenters. The van der Waals surface area contributed by atoms with Gasteiger partial charge in [0.1, 0.15) is 0 Å². The molecule has 172 valence electrons. The van der Waals surface area contributed by atoms with Crippen LogP contribution >= 0.6 is 0 Å². The highest BCUT2D eigenvalue weighted by Crippen LogP contribution is 2.25. The summed E-state index contributed by atoms with van der Waals surface area (Å²) in [6, 6.07) is 16.9. The Bertz CT molecular complexity index is 1200. The largest absolute Gasteiger partial charge is 0.355 e. The Hall–Kier alpha value is -3.46. The molecular formula is C24H27N5O3S. The van der Waals surface area contributed by atoms with Crippen molar-refractivity contribution in [1.29, 1.82) is 0 Å². The van der Waals surface area contributed by atoms with Crippen molar-refractivity contribution in [3.63, 3.8) is 0 Å². The molecule has 1 aliphatic heterocycles. The lowest BCUT2D eigenvalue weighted by molar-refractivity contribution is -0.114. The van der Waals surface area contributed by atoms with E-state index in [9.17, 15) is 13.2 Å². The molecule has 2 heterocycles. The Morgan fingerprint density at radius 1 is 0.909 bits per heavy atom. The van der Waals surface area contributed by atoms with Crippen LogP contribution in [-0.2, 0) is 14.8 Å². The van der Waals surface area contributed by atoms with E-state index in [0.29, 0.717) is 11.4 Å². The molecule has 2 N–H and O–H groups in total. The van der Waals surface area contributed by atoms with Gasteiger partial charge in [0.15, 0.2) is 5.82 Å². The van der Waals surface area contributed by atoms with Crippen molar-refractivity contribution in [2.75, 3.05) is 28.0 Å². The quantitative estimate of drug-likeness (QED) is 0.567. The van der Waals surface area contributed by atoms with Crippen molar-refractivity contribution in [2.45, 2.75) is 31.6 Å². The van der Waals surface area contributed by atoms with Crippen LogP contribution in [0, 0.1) is 5.92 Å². The fourth-order valence-electron chi connectivity index (χ4n) is 3.73. The molecule has 8 nitrogen and oxygen atoms in total. The lowest BCUT2D eigenvalue weighted by Gasteiger charge is -2.30. The van der Waals surface area contributed by atoms with Crippen molar-refractivity contribution in [1.82, 2.24) is 10.2 Å². The number of nitrogens with one attached hydrogen (secondary N) is 2. The number of hydrogen-bond acceptors (Lipinski definition) is 6. The van der Waals surface area contributed by atoms with Gasteiger partial charge in [-0.25, -0.2) is 8.42 Å². The molecule has 0 radical (unpaired) electrons. The summed E-state index contributed by atoms with van der Waals surface area (Å²) < 4.78 is 27.9. The molecular weight excluding hydrogens is 438 g/mol. The third kappa shape index (κ3) is 5.67. The van der Waals surface area contributed by atoms with Gasteiger partial charge in [0.2, 0.25) is 5.91 Å². The number of amides is 1. The molecule has 1 amide bonds. The van der Waals surface area contributed by atoms with E-state index < -0.39 is 10.0 Å². The summed E-state index contributed by atoms with van der Waals surface area (Å²) in [5.74, 6) is 1.43. The normalized spacial score (nSPS) is 14.7. The predicted molar refractivity (Wildman–Crippen MR) is 130 cm³/mol. The summed E-state index contributed by atoms with van der Waals surface area (Å²) in [6.07, 6.45) is 2.33. The van der Waals surface area contributed by atoms with Crippen molar-refractivity contribution in [3.8, 4) is 11.3 Å². The predicted octanol–water partition coefficient (Wildman–Crippen LogP) is 4.14. The molecule has 0 bridgehead atoms. The number of nitrogens with zero attached hydrogens (tertiary/aromatic N) is 3. The Balaban J connectivity index is 1.42. The number of carbonyl (C=O) groups is 1. The van der Waals surface area contributed by atoms with Gasteiger partial charge in [-0.1, -0.05) is 19.1 Å². The number of piperidine rings is 1. The van der Waals surface area contributed by atoms with Gasteiger partial charge in [0, 0.05) is 37.0 Å². The fourth-order valence-corrected chi connectivity index (χ4v) is 4.79. The third-order valence-corrected chi connectivity index (χ3v) is 7.07. The van der Waals surface area contributed by atoms with E-state index in [4.69, 9.17) is 0 Å². The van der Waals surface area contributed by atoms with E-state index >= 15 is 0 Å². The number of aromatic nitrogens is 2. The van der Waals surface area contributed by atoms with Gasteiger partial charge in [-0.2, -0.15) is 0 Å². The van der Waals surface area contributed by atoms with E-state index in [1.807, 2.05) is 24.3 Å². The molecule has 0 unspecified atom stereocenters. The van der Waals surface area contributed by atoms with Gasteiger partial charge in [0.05, 0.1) is 10.6 Å². The maximum absolute atomic E-state index is 12.7. The number of sulfonamides is 1. The second-order valence-corrected chi connectivity index (χ2v) is 10.0. The van der Waals surface area contributed by atoms with Crippen LogP contribution in [0.3, 0.4) is 0 Å². The summed E-state index contributed by atoms with van der Waals surface area (Å²) in [5.41, 5.74) is 2.56. The van der Waals surface area contributed by atoms with E-state index in [1.165, 1.54) is 31.9 Å². The van der Waals surface area contributed by atoms with Crippen LogP contribution in [-0.4, -0.2) is 37.6 Å². The van der Waals surface area contributed by atoms with Gasteiger partial charge in [0.25, 0.3) is 10.0 Å². The zero-order valence-corrected chi connectivity index (χ0v) is 19.5. The van der Waals surface area contributed by atoms with Gasteiger partial charge in [-0.15, -0.1) is 10.2 Å². The minimum absolute atomic E-state index is 0.106. The molecule has 1 aromatic heterocycles. The zero-order valence-electron chi connectivity index (χ0n) is 18.7. The molecule has 9 heteroatoms. The lowest BCUT2D eigenvalue weighted by atomic mass is 9.99. The van der Waals surface area contributed by atoms with Crippen LogP contribution in [0.1, 0.15) is 26.7 Å². The number of rotatable bonds is 6. The molecule has 4 rings (SSSR count). The molecule has 3 aromatic rings. The number of anilines is 3. The maximum Gasteiger partial charge on any atom is 0.261 e. The fraction of sp³-hybridized carbons (Fsp3) is 0.292. The molecule has 1 saturated heterocycles. The summed E-state index contributed by atoms with van der Waals surface area (Å²) in [5, 5.41) is 11.4. The topological polar surface area (TPSA) is 104 Å². The van der Waals surface area contributed by atoms with Crippen molar-refractivity contribution in [3.05, 3.63) is 60.7 Å². The van der Waals surface area contributed by atoms with Crippen molar-refractivity contribution in [2.24, 2.45) is 5.92 Å². The van der Waals surface area contributed by atoms with Crippen LogP contribution in [0.15, 0.2) is 65.6 Å². The number of hydrogen-bond donors (Lipinski definition) is 2. The SMILES string of the molecule is CC(=O)Nc1ccc(S(=O)(=O)Nc2ccc(-c3ccc(N4CCC(C)CC4)nn3)cc2)cc1. The van der Waals surface area contributed by atoms with Crippen LogP contribution in [0.2, 0.25) is 0 Å². The summed E-state index contributed by atoms with van der Waals surface area (Å²) in [4.78, 5) is 13.5. The van der Waals surface area contributed by atoms with Gasteiger partial charge in [-0.3, -0.25) is 9.52 Å². The standard InChI is InChI=1S/C24H27N5O3S/c1-17-13-15-29(16-14-17)24-12-11-23(26-27-24)19-3-5-21(6-4-19)28-33(31,32)22-9-7-20(8-10-22)25-18(2)30/h3-12,17,28H,13-16H2,1-2H3,(H,25,30). The second kappa shape index (κ2) is 9.58. The Kier molecular flexibility index (Phi) is 6.60. The first kappa shape index (κ1) is 22.7. The van der Waals surface area contributed by atoms with Crippen molar-refractivity contribution < 1.29 is 13.2 Å². The molecule has 0 aliphatic carbocycles. The second-order valence-electron chi connectivity index (χ2n) is 8.33. The van der Waals surface area contributed by atoms with Gasteiger partial charge >= 0.3 is 0 Å². The molecule has 0 saturated carbocycles. The minimum Gasteiger partial charge on any atom is -0.355 e. The van der Waals surface area contributed by atoms with E-state index in [1.54, 1.807) is 24.3 Å². The highest BCUT2D eigenvalue weighted by atomic mass is 32.2. The van der Waals surface area contributed by atoms with Gasteiger partial charge in [-0.05, 0) is 67.3 Å². The zero-order chi connectivity index (χ0) is 23.4. The average Bonchev–Trinajstić information content (AvgIpc) is 2.80. The van der Waals surface area contributed by atoms with Gasteiger partial charge < -0.3 is 10.2 Å². The molecule has 1 fully saturated rings. The summed E-state index contributed by atoms with van der Waals surface area (Å²) in [7, 11) is -3.75. The smallest absolute Gasteiger partial charge is 0.261 e. The Morgan fingerprint density at radius 3 is 2.12 bits per heavy atom. The third-order valence-electron chi connectivity index (χ3n) is 5.68. The van der Waals surface area contributed by atoms with Crippen LogP contribution < -0.4 is 14.9 Å². The molecule has 33 heavy (non-hydrogen) atoms. The highest BCUT2D eigenvalue weighted by Gasteiger charge is 2.18. The van der Waals surface area contributed by atoms with Crippen LogP contribution in [0.4, 0.5) is 17.2 Å². The molecule has 2 aromatic carbocycles. The summed E-state index contributed by atoms with van der Waals surface area (Å²) >= 11 is 0. The number of carbonyl (C=O) groups excluding carboxylic acids is 1. The average molecular weight is 466 g/mol. The van der Waals surface area contributed by atoms with Crippen LogP contribution in [0.25, 0.3) is 11.3 Å². The minimum atomic E-state index is -3.75. The maximum atomic E-state index is 12.7. The monoisotopic (exact) mass is 465 g/mol. The van der Waals surface area contributed by atoms with E-state index in [-0.39, 0.29) is 10.8 Å². The lowest BCUT2D eigenvalue weighted by Crippen LogP contribution is -2.33. The van der Waals surface area contributed by atoms with E-state index in [0.717, 1.165) is 36.1 Å². The first-order chi connectivity index (χ1) is 15.8. The van der Waals surface area contributed by atoms with Crippen LogP contribution in [0.5, 0.6) is 0 Å². The highest BCUT2D eigenvalue weighted by molar-refractivity contribution is 7.92. The molecule has 0 spiro atoms.